The second-order valence-corrected chi connectivity index (χ2v) is 4.86. The molecule has 0 aliphatic carbocycles. The van der Waals surface area contributed by atoms with Gasteiger partial charge in [0.25, 0.3) is 0 Å². The Bertz CT molecular complexity index is 594. The fourth-order valence-corrected chi connectivity index (χ4v) is 1.97. The predicted molar refractivity (Wildman–Crippen MR) is 77.6 cm³/mol. The van der Waals surface area contributed by atoms with Gasteiger partial charge in [-0.3, -0.25) is 4.98 Å². The van der Waals surface area contributed by atoms with E-state index in [1.807, 2.05) is 6.07 Å². The van der Waals surface area contributed by atoms with Crippen LogP contribution in [0.3, 0.4) is 0 Å². The van der Waals surface area contributed by atoms with Crippen molar-refractivity contribution in [3.05, 3.63) is 65.0 Å². The predicted octanol–water partition coefficient (Wildman–Crippen LogP) is 2.94. The van der Waals surface area contributed by atoms with Gasteiger partial charge in [-0.2, -0.15) is 0 Å². The summed E-state index contributed by atoms with van der Waals surface area (Å²) in [5, 5.41) is 12.2. The molecule has 0 saturated carbocycles. The van der Waals surface area contributed by atoms with Gasteiger partial charge in [0.05, 0.1) is 11.3 Å². The van der Waals surface area contributed by atoms with Crippen LogP contribution in [0.1, 0.15) is 40.1 Å². The van der Waals surface area contributed by atoms with E-state index < -0.39 is 5.97 Å². The third-order valence-electron chi connectivity index (χ3n) is 3.20. The topological polar surface area (TPSA) is 62.2 Å². The minimum atomic E-state index is -0.954. The van der Waals surface area contributed by atoms with E-state index in [0.29, 0.717) is 6.54 Å². The third kappa shape index (κ3) is 3.65. The Hall–Kier alpha value is -2.20. The number of aromatic carboxylic acids is 1. The molecule has 20 heavy (non-hydrogen) atoms. The largest absolute Gasteiger partial charge is 0.478 e. The number of nitrogens with zero attached hydrogens (tertiary/aromatic N) is 1. The molecule has 0 aliphatic heterocycles. The molecule has 1 heterocycles. The van der Waals surface area contributed by atoms with Gasteiger partial charge in [-0.1, -0.05) is 29.8 Å². The maximum absolute atomic E-state index is 10.7. The Balaban J connectivity index is 1.96. The van der Waals surface area contributed by atoms with Gasteiger partial charge in [0, 0.05) is 18.8 Å². The van der Waals surface area contributed by atoms with Crippen LogP contribution in [0.15, 0.2) is 42.6 Å². The number of hydrogen-bond donors (Lipinski definition) is 2. The molecule has 4 heteroatoms. The van der Waals surface area contributed by atoms with Crippen molar-refractivity contribution in [1.82, 2.24) is 10.3 Å². The van der Waals surface area contributed by atoms with Crippen LogP contribution in [-0.2, 0) is 6.54 Å². The molecule has 2 N–H and O–H groups in total. The molecule has 0 saturated heterocycles. The molecule has 4 nitrogen and oxygen atoms in total. The van der Waals surface area contributed by atoms with Crippen molar-refractivity contribution in [2.24, 2.45) is 0 Å². The fraction of sp³-hybridized carbons (Fsp3) is 0.250. The van der Waals surface area contributed by atoms with Crippen molar-refractivity contribution in [3.8, 4) is 0 Å². The van der Waals surface area contributed by atoms with E-state index in [0.717, 1.165) is 5.69 Å². The Kier molecular flexibility index (Phi) is 4.48. The zero-order valence-corrected chi connectivity index (χ0v) is 11.6. The van der Waals surface area contributed by atoms with Gasteiger partial charge < -0.3 is 10.4 Å². The van der Waals surface area contributed by atoms with E-state index in [1.165, 1.54) is 17.3 Å². The molecule has 1 aromatic carbocycles. The normalized spacial score (nSPS) is 12.1. The molecular formula is C16H18N2O2. The lowest BCUT2D eigenvalue weighted by Gasteiger charge is -2.14. The first-order valence-corrected chi connectivity index (χ1v) is 6.54. The number of carbonyl (C=O) groups is 1. The SMILES string of the molecule is Cc1cccc([C@@H](C)NCc2ccc(C(=O)O)cn2)c1. The van der Waals surface area contributed by atoms with Crippen LogP contribution in [-0.4, -0.2) is 16.1 Å². The van der Waals surface area contributed by atoms with E-state index in [2.05, 4.69) is 42.3 Å². The summed E-state index contributed by atoms with van der Waals surface area (Å²) in [6.45, 7) is 4.78. The molecule has 1 atom stereocenters. The minimum Gasteiger partial charge on any atom is -0.478 e. The van der Waals surface area contributed by atoms with E-state index in [1.54, 1.807) is 12.1 Å². The molecule has 0 amide bonds. The second-order valence-electron chi connectivity index (χ2n) is 4.86. The number of nitrogens with one attached hydrogen (secondary N) is 1. The molecule has 2 aromatic rings. The number of rotatable bonds is 5. The highest BCUT2D eigenvalue weighted by molar-refractivity contribution is 5.87. The van der Waals surface area contributed by atoms with Crippen LogP contribution >= 0.6 is 0 Å². The summed E-state index contributed by atoms with van der Waals surface area (Å²) in [6.07, 6.45) is 1.39. The Morgan fingerprint density at radius 3 is 2.75 bits per heavy atom. The summed E-state index contributed by atoms with van der Waals surface area (Å²) < 4.78 is 0. The first kappa shape index (κ1) is 14.2. The summed E-state index contributed by atoms with van der Waals surface area (Å²) in [7, 11) is 0. The standard InChI is InChI=1S/C16H18N2O2/c1-11-4-3-5-13(8-11)12(2)17-10-15-7-6-14(9-18-15)16(19)20/h3-9,12,17H,10H2,1-2H3,(H,19,20)/t12-/m1/s1. The van der Waals surface area contributed by atoms with Crippen molar-refractivity contribution in [2.75, 3.05) is 0 Å². The van der Waals surface area contributed by atoms with Gasteiger partial charge >= 0.3 is 5.97 Å². The quantitative estimate of drug-likeness (QED) is 0.877. The number of aromatic nitrogens is 1. The molecule has 0 fully saturated rings. The van der Waals surface area contributed by atoms with Gasteiger partial charge in [-0.25, -0.2) is 4.79 Å². The van der Waals surface area contributed by atoms with Gasteiger partial charge in [0.1, 0.15) is 0 Å². The number of carboxylic acids is 1. The lowest BCUT2D eigenvalue weighted by atomic mass is 10.1. The fourth-order valence-electron chi connectivity index (χ4n) is 1.97. The summed E-state index contributed by atoms with van der Waals surface area (Å²) in [5.74, 6) is -0.954. The number of pyridine rings is 1. The monoisotopic (exact) mass is 270 g/mol. The average Bonchev–Trinajstić information content (AvgIpc) is 2.45. The van der Waals surface area contributed by atoms with Gasteiger partial charge in [-0.15, -0.1) is 0 Å². The van der Waals surface area contributed by atoms with Crippen molar-refractivity contribution in [3.63, 3.8) is 0 Å². The Morgan fingerprint density at radius 1 is 1.35 bits per heavy atom. The molecule has 0 spiro atoms. The molecule has 104 valence electrons. The van der Waals surface area contributed by atoms with Crippen LogP contribution in [0, 0.1) is 6.92 Å². The molecule has 0 radical (unpaired) electrons. The van der Waals surface area contributed by atoms with Crippen LogP contribution in [0.4, 0.5) is 0 Å². The molecule has 0 unspecified atom stereocenters. The minimum absolute atomic E-state index is 0.209. The van der Waals surface area contributed by atoms with E-state index in [9.17, 15) is 4.79 Å². The van der Waals surface area contributed by atoms with Crippen LogP contribution in [0.25, 0.3) is 0 Å². The number of carboxylic acid groups (broad SMARTS) is 1. The summed E-state index contributed by atoms with van der Waals surface area (Å²) >= 11 is 0. The smallest absolute Gasteiger partial charge is 0.337 e. The number of aryl methyl sites for hydroxylation is 1. The van der Waals surface area contributed by atoms with Crippen molar-refractivity contribution >= 4 is 5.97 Å². The zero-order chi connectivity index (χ0) is 14.5. The van der Waals surface area contributed by atoms with Gasteiger partial charge in [-0.05, 0) is 31.5 Å². The van der Waals surface area contributed by atoms with Crippen LogP contribution < -0.4 is 5.32 Å². The van der Waals surface area contributed by atoms with E-state index in [4.69, 9.17) is 5.11 Å². The van der Waals surface area contributed by atoms with Crippen LogP contribution in [0.2, 0.25) is 0 Å². The number of benzene rings is 1. The second kappa shape index (κ2) is 6.30. The Morgan fingerprint density at radius 2 is 2.15 bits per heavy atom. The van der Waals surface area contributed by atoms with Crippen LogP contribution in [0.5, 0.6) is 0 Å². The maximum atomic E-state index is 10.7. The van der Waals surface area contributed by atoms with E-state index >= 15 is 0 Å². The highest BCUT2D eigenvalue weighted by Crippen LogP contribution is 2.14. The highest BCUT2D eigenvalue weighted by Gasteiger charge is 2.06. The third-order valence-corrected chi connectivity index (χ3v) is 3.20. The first-order valence-electron chi connectivity index (χ1n) is 6.54. The van der Waals surface area contributed by atoms with Crippen molar-refractivity contribution < 1.29 is 9.90 Å². The maximum Gasteiger partial charge on any atom is 0.337 e. The number of hydrogen-bond acceptors (Lipinski definition) is 3. The first-order chi connectivity index (χ1) is 9.56. The molecule has 1 aromatic heterocycles. The van der Waals surface area contributed by atoms with Crippen molar-refractivity contribution in [1.29, 1.82) is 0 Å². The zero-order valence-electron chi connectivity index (χ0n) is 11.6. The van der Waals surface area contributed by atoms with E-state index in [-0.39, 0.29) is 11.6 Å². The summed E-state index contributed by atoms with van der Waals surface area (Å²) in [4.78, 5) is 14.9. The van der Waals surface area contributed by atoms with Crippen molar-refractivity contribution in [2.45, 2.75) is 26.4 Å². The van der Waals surface area contributed by atoms with Gasteiger partial charge in [0.15, 0.2) is 0 Å². The lowest BCUT2D eigenvalue weighted by molar-refractivity contribution is 0.0696. The molecule has 2 rings (SSSR count). The molecule has 0 bridgehead atoms. The van der Waals surface area contributed by atoms with Gasteiger partial charge in [0.2, 0.25) is 0 Å². The summed E-state index contributed by atoms with van der Waals surface area (Å²) in [6, 6.07) is 11.9. The summed E-state index contributed by atoms with van der Waals surface area (Å²) in [5.41, 5.74) is 3.50. The average molecular weight is 270 g/mol. The Labute approximate surface area is 118 Å². The highest BCUT2D eigenvalue weighted by atomic mass is 16.4. The molecule has 0 aliphatic rings. The lowest BCUT2D eigenvalue weighted by Crippen LogP contribution is -2.19. The molecular weight excluding hydrogens is 252 g/mol.